The first-order valence-corrected chi connectivity index (χ1v) is 14.8. The van der Waals surface area contributed by atoms with Crippen LogP contribution in [0.4, 0.5) is 0 Å². The van der Waals surface area contributed by atoms with Crippen LogP contribution in [0.1, 0.15) is 74.4 Å². The Morgan fingerprint density at radius 1 is 1.18 bits per heavy atom. The lowest BCUT2D eigenvalue weighted by Crippen LogP contribution is -2.60. The number of carbonyl (C=O) groups excluding carboxylic acids is 3. The molecule has 1 fully saturated rings. The van der Waals surface area contributed by atoms with Crippen molar-refractivity contribution in [2.45, 2.75) is 70.8 Å². The van der Waals surface area contributed by atoms with Gasteiger partial charge in [-0.1, -0.05) is 63.5 Å². The molecule has 1 unspecified atom stereocenters. The van der Waals surface area contributed by atoms with Crippen molar-refractivity contribution in [1.82, 2.24) is 15.5 Å². The van der Waals surface area contributed by atoms with Crippen molar-refractivity contribution in [1.29, 1.82) is 0 Å². The quantitative estimate of drug-likeness (QED) is 0.184. The maximum absolute atomic E-state index is 13.0. The summed E-state index contributed by atoms with van der Waals surface area (Å²) in [5.74, 6) is -0.601. The molecule has 1 aromatic heterocycles. The fraction of sp³-hybridized carbons (Fsp3) is 0.556. The van der Waals surface area contributed by atoms with Crippen molar-refractivity contribution in [3.05, 3.63) is 28.1 Å². The highest BCUT2D eigenvalue weighted by atomic mass is 35.5. The topological polar surface area (TPSA) is 97.0 Å². The van der Waals surface area contributed by atoms with Crippen LogP contribution in [-0.2, 0) is 14.3 Å². The number of ether oxygens (including phenoxy) is 2. The number of fused-ring (bicyclic) bond motifs is 1. The molecule has 1 atom stereocenters. The van der Waals surface area contributed by atoms with E-state index < -0.39 is 17.9 Å². The van der Waals surface area contributed by atoms with Crippen molar-refractivity contribution < 1.29 is 23.9 Å². The third kappa shape index (κ3) is 8.28. The molecule has 38 heavy (non-hydrogen) atoms. The van der Waals surface area contributed by atoms with Crippen LogP contribution in [-0.4, -0.2) is 60.6 Å². The fourth-order valence-corrected chi connectivity index (χ4v) is 6.10. The molecule has 0 saturated carbocycles. The van der Waals surface area contributed by atoms with Gasteiger partial charge in [0.15, 0.2) is 5.11 Å². The van der Waals surface area contributed by atoms with E-state index in [0.29, 0.717) is 35.3 Å². The zero-order chi connectivity index (χ0) is 27.5. The molecule has 0 radical (unpaired) electrons. The van der Waals surface area contributed by atoms with E-state index in [1.54, 1.807) is 24.1 Å². The highest BCUT2D eigenvalue weighted by molar-refractivity contribution is 7.80. The number of thiocarbonyl (C=S) groups is 1. The average molecular weight is 582 g/mol. The molecule has 0 bridgehead atoms. The predicted molar refractivity (Wildman–Crippen MR) is 155 cm³/mol. The summed E-state index contributed by atoms with van der Waals surface area (Å²) >= 11 is 13.2. The zero-order valence-electron chi connectivity index (χ0n) is 22.0. The molecule has 208 valence electrons. The number of nitrogens with zero attached hydrogens (tertiary/aromatic N) is 1. The van der Waals surface area contributed by atoms with E-state index in [1.807, 2.05) is 6.07 Å². The maximum atomic E-state index is 13.0. The predicted octanol–water partition coefficient (Wildman–Crippen LogP) is 5.45. The van der Waals surface area contributed by atoms with Crippen LogP contribution in [0.2, 0.25) is 5.02 Å². The number of halogens is 1. The summed E-state index contributed by atoms with van der Waals surface area (Å²) in [4.78, 5) is 40.0. The van der Waals surface area contributed by atoms with Gasteiger partial charge in [0.1, 0.15) is 16.7 Å². The van der Waals surface area contributed by atoms with Crippen LogP contribution in [0.25, 0.3) is 10.1 Å². The first-order valence-electron chi connectivity index (χ1n) is 13.2. The van der Waals surface area contributed by atoms with Crippen molar-refractivity contribution in [2.75, 3.05) is 26.8 Å². The van der Waals surface area contributed by atoms with Gasteiger partial charge in [0.05, 0.1) is 25.2 Å². The van der Waals surface area contributed by atoms with Gasteiger partial charge in [0, 0.05) is 23.2 Å². The SMILES string of the molecule is CCCCCCCCCCOC(=O)CC1C(=O)NCCN1C(=S)NC(=O)c1sc2cc(OC)ccc2c1Cl. The molecule has 2 aromatic rings. The van der Waals surface area contributed by atoms with Crippen LogP contribution in [0, 0.1) is 0 Å². The number of amides is 2. The normalized spacial score (nSPS) is 15.3. The summed E-state index contributed by atoms with van der Waals surface area (Å²) in [5.41, 5.74) is 0. The van der Waals surface area contributed by atoms with E-state index in [1.165, 1.54) is 43.4 Å². The van der Waals surface area contributed by atoms with E-state index in [-0.39, 0.29) is 17.4 Å². The van der Waals surface area contributed by atoms with Crippen LogP contribution in [0.5, 0.6) is 5.75 Å². The Hall–Kier alpha value is -2.43. The monoisotopic (exact) mass is 581 g/mol. The number of unbranched alkanes of at least 4 members (excludes halogenated alkanes) is 7. The van der Waals surface area contributed by atoms with Gasteiger partial charge in [0.25, 0.3) is 5.91 Å². The molecule has 0 aliphatic carbocycles. The molecule has 3 rings (SSSR count). The summed E-state index contributed by atoms with van der Waals surface area (Å²) < 4.78 is 11.4. The average Bonchev–Trinajstić information content (AvgIpc) is 3.24. The van der Waals surface area contributed by atoms with Gasteiger partial charge in [-0.25, -0.2) is 0 Å². The molecular formula is C27H36ClN3O5S2. The minimum atomic E-state index is -0.857. The zero-order valence-corrected chi connectivity index (χ0v) is 24.4. The molecule has 2 N–H and O–H groups in total. The fourth-order valence-electron chi connectivity index (χ4n) is 4.34. The van der Waals surface area contributed by atoms with Gasteiger partial charge >= 0.3 is 5.97 Å². The third-order valence-electron chi connectivity index (χ3n) is 6.48. The Balaban J connectivity index is 1.51. The minimum absolute atomic E-state index is 0.0665. The Morgan fingerprint density at radius 3 is 2.61 bits per heavy atom. The molecule has 11 heteroatoms. The number of hydrogen-bond donors (Lipinski definition) is 2. The van der Waals surface area contributed by atoms with E-state index >= 15 is 0 Å². The summed E-state index contributed by atoms with van der Waals surface area (Å²) in [6.07, 6.45) is 9.05. The number of nitrogens with one attached hydrogen (secondary N) is 2. The Morgan fingerprint density at radius 2 is 1.89 bits per heavy atom. The van der Waals surface area contributed by atoms with Gasteiger partial charge in [-0.2, -0.15) is 0 Å². The van der Waals surface area contributed by atoms with Crippen LogP contribution < -0.4 is 15.4 Å². The first kappa shape index (κ1) is 30.1. The van der Waals surface area contributed by atoms with Crippen molar-refractivity contribution in [2.24, 2.45) is 0 Å². The van der Waals surface area contributed by atoms with Gasteiger partial charge < -0.3 is 19.7 Å². The lowest BCUT2D eigenvalue weighted by Gasteiger charge is -2.36. The molecule has 1 aliphatic rings. The van der Waals surface area contributed by atoms with Crippen molar-refractivity contribution in [3.63, 3.8) is 0 Å². The van der Waals surface area contributed by atoms with Crippen molar-refractivity contribution >= 4 is 68.1 Å². The second-order valence-corrected chi connectivity index (χ2v) is 11.1. The minimum Gasteiger partial charge on any atom is -0.497 e. The number of piperazine rings is 1. The van der Waals surface area contributed by atoms with E-state index in [0.717, 1.165) is 29.3 Å². The number of rotatable bonds is 13. The standard InChI is InChI=1S/C27H36ClN3O5S2/c1-3-4-5-6-7-8-9-10-15-36-22(32)17-20-25(33)29-13-14-31(20)27(37)30-26(34)24-23(28)19-12-11-18(35-2)16-21(19)38-24/h11-12,16,20H,3-10,13-15,17H2,1-2H3,(H,29,33)(H,30,34,37). The number of methoxy groups -OCH3 is 1. The summed E-state index contributed by atoms with van der Waals surface area (Å²) in [7, 11) is 1.57. The number of hydrogen-bond acceptors (Lipinski definition) is 7. The van der Waals surface area contributed by atoms with Crippen molar-refractivity contribution in [3.8, 4) is 5.75 Å². The largest absolute Gasteiger partial charge is 0.497 e. The lowest BCUT2D eigenvalue weighted by molar-refractivity contribution is -0.147. The summed E-state index contributed by atoms with van der Waals surface area (Å²) in [5, 5.41) is 6.57. The number of carbonyl (C=O) groups is 3. The Labute approximate surface area is 238 Å². The number of thiophene rings is 1. The second kappa shape index (κ2) is 15.2. The molecule has 2 heterocycles. The highest BCUT2D eigenvalue weighted by Gasteiger charge is 2.34. The molecule has 8 nitrogen and oxygen atoms in total. The van der Waals surface area contributed by atoms with Gasteiger partial charge in [-0.3, -0.25) is 19.7 Å². The molecule has 2 amide bonds. The summed E-state index contributed by atoms with van der Waals surface area (Å²) in [6, 6.07) is 4.53. The molecule has 1 aliphatic heterocycles. The van der Waals surface area contributed by atoms with E-state index in [2.05, 4.69) is 17.6 Å². The van der Waals surface area contributed by atoms with E-state index in [9.17, 15) is 14.4 Å². The Kier molecular flexibility index (Phi) is 12.1. The molecule has 0 spiro atoms. The number of benzene rings is 1. The third-order valence-corrected chi connectivity index (χ3v) is 8.47. The first-order chi connectivity index (χ1) is 18.3. The molecule has 1 aromatic carbocycles. The van der Waals surface area contributed by atoms with Gasteiger partial charge in [-0.15, -0.1) is 11.3 Å². The lowest BCUT2D eigenvalue weighted by atomic mass is 10.1. The maximum Gasteiger partial charge on any atom is 0.308 e. The van der Waals surface area contributed by atoms with Crippen LogP contribution in [0.3, 0.4) is 0 Å². The Bertz CT molecular complexity index is 1140. The van der Waals surface area contributed by atoms with E-state index in [4.69, 9.17) is 33.3 Å². The molecule has 1 saturated heterocycles. The van der Waals surface area contributed by atoms with Crippen LogP contribution >= 0.6 is 35.2 Å². The molecular weight excluding hydrogens is 546 g/mol. The smallest absolute Gasteiger partial charge is 0.308 e. The highest BCUT2D eigenvalue weighted by Crippen LogP contribution is 2.37. The number of esters is 1. The van der Waals surface area contributed by atoms with Gasteiger partial charge in [-0.05, 0) is 36.8 Å². The van der Waals surface area contributed by atoms with Gasteiger partial charge in [0.2, 0.25) is 5.91 Å². The summed E-state index contributed by atoms with van der Waals surface area (Å²) in [6.45, 7) is 3.24. The van der Waals surface area contributed by atoms with Crippen LogP contribution in [0.15, 0.2) is 18.2 Å². The second-order valence-electron chi connectivity index (χ2n) is 9.27.